The summed E-state index contributed by atoms with van der Waals surface area (Å²) < 4.78 is 48.7. The van der Waals surface area contributed by atoms with E-state index in [-0.39, 0.29) is 12.3 Å². The van der Waals surface area contributed by atoms with Gasteiger partial charge in [0.1, 0.15) is 17.9 Å². The summed E-state index contributed by atoms with van der Waals surface area (Å²) in [5.41, 5.74) is 3.01. The van der Waals surface area contributed by atoms with E-state index in [1.165, 1.54) is 16.4 Å². The zero-order chi connectivity index (χ0) is 26.1. The maximum atomic E-state index is 13.5. The van der Waals surface area contributed by atoms with Gasteiger partial charge in [0.15, 0.2) is 0 Å². The van der Waals surface area contributed by atoms with E-state index in [1.807, 2.05) is 38.1 Å². The first-order valence-corrected chi connectivity index (χ1v) is 11.6. The zero-order valence-electron chi connectivity index (χ0n) is 20.1. The van der Waals surface area contributed by atoms with Gasteiger partial charge in [-0.05, 0) is 26.0 Å². The van der Waals surface area contributed by atoms with E-state index in [4.69, 9.17) is 4.74 Å². The predicted octanol–water partition coefficient (Wildman–Crippen LogP) is 5.31. The van der Waals surface area contributed by atoms with E-state index in [9.17, 15) is 18.0 Å². The van der Waals surface area contributed by atoms with Crippen molar-refractivity contribution < 1.29 is 22.7 Å². The van der Waals surface area contributed by atoms with Gasteiger partial charge in [-0.2, -0.15) is 28.1 Å². The topological polar surface area (TPSA) is 86.9 Å². The second kappa shape index (κ2) is 8.05. The van der Waals surface area contributed by atoms with Gasteiger partial charge < -0.3 is 10.1 Å². The molecule has 3 aromatic heterocycles. The molecule has 0 bridgehead atoms. The molecule has 0 fully saturated rings. The summed E-state index contributed by atoms with van der Waals surface area (Å²) in [6, 6.07) is 11.4. The Morgan fingerprint density at radius 1 is 1.14 bits per heavy atom. The molecular formula is C26H21F3N6O2. The number of hydrogen-bond donors (Lipinski definition) is 1. The smallest absolute Gasteiger partial charge is 0.420 e. The molecule has 37 heavy (non-hydrogen) atoms. The number of benzene rings is 2. The first kappa shape index (κ1) is 23.0. The van der Waals surface area contributed by atoms with Gasteiger partial charge in [-0.15, -0.1) is 0 Å². The number of aryl methyl sites for hydroxylation is 3. The van der Waals surface area contributed by atoms with Crippen LogP contribution >= 0.6 is 0 Å². The third kappa shape index (κ3) is 3.61. The maximum absolute atomic E-state index is 13.5. The lowest BCUT2D eigenvalue weighted by molar-refractivity contribution is -0.137. The molecule has 0 unspecified atom stereocenters. The van der Waals surface area contributed by atoms with Gasteiger partial charge >= 0.3 is 12.2 Å². The Morgan fingerprint density at radius 3 is 2.70 bits per heavy atom. The highest BCUT2D eigenvalue weighted by Crippen LogP contribution is 2.41. The molecule has 0 radical (unpaired) electrons. The summed E-state index contributed by atoms with van der Waals surface area (Å²) in [4.78, 5) is 18.1. The Balaban J connectivity index is 1.35. The number of aromatic nitrogens is 5. The van der Waals surface area contributed by atoms with Crippen molar-refractivity contribution in [2.75, 3.05) is 6.61 Å². The van der Waals surface area contributed by atoms with Crippen LogP contribution in [0.4, 0.5) is 18.0 Å². The van der Waals surface area contributed by atoms with Crippen LogP contribution in [-0.2, 0) is 13.2 Å². The second-order valence-electron chi connectivity index (χ2n) is 9.03. The SMILES string of the molecule is Cc1nc2ccccc2c2c1c(C)nn2C(=O)N[C@@H]1COc2cc(-c3c(C(F)(F)F)cnn3C)ccc21. The lowest BCUT2D eigenvalue weighted by Gasteiger charge is -2.13. The molecule has 1 aliphatic heterocycles. The van der Waals surface area contributed by atoms with Crippen LogP contribution in [0.5, 0.6) is 5.75 Å². The molecule has 1 aliphatic rings. The summed E-state index contributed by atoms with van der Waals surface area (Å²) in [6.45, 7) is 3.86. The van der Waals surface area contributed by atoms with Crippen LogP contribution in [0.15, 0.2) is 48.7 Å². The summed E-state index contributed by atoms with van der Waals surface area (Å²) in [5.74, 6) is 0.407. The van der Waals surface area contributed by atoms with E-state index in [1.54, 1.807) is 18.2 Å². The van der Waals surface area contributed by atoms with E-state index in [2.05, 4.69) is 20.5 Å². The van der Waals surface area contributed by atoms with Gasteiger partial charge in [-0.1, -0.05) is 30.3 Å². The van der Waals surface area contributed by atoms with E-state index in [0.29, 0.717) is 28.1 Å². The molecule has 4 heterocycles. The van der Waals surface area contributed by atoms with Crippen LogP contribution in [0.1, 0.15) is 28.6 Å². The monoisotopic (exact) mass is 506 g/mol. The Bertz CT molecular complexity index is 1720. The van der Waals surface area contributed by atoms with E-state index >= 15 is 0 Å². The van der Waals surface area contributed by atoms with Gasteiger partial charge in [0, 0.05) is 34.6 Å². The normalized spacial score (nSPS) is 15.2. The highest BCUT2D eigenvalue weighted by atomic mass is 19.4. The number of carbonyl (C=O) groups excluding carboxylic acids is 1. The fourth-order valence-electron chi connectivity index (χ4n) is 5.04. The van der Waals surface area contributed by atoms with Crippen molar-refractivity contribution in [2.24, 2.45) is 7.05 Å². The first-order chi connectivity index (χ1) is 17.6. The Hall–Kier alpha value is -4.41. The number of hydrogen-bond acceptors (Lipinski definition) is 5. The average molecular weight is 506 g/mol. The molecule has 2 aromatic carbocycles. The number of nitrogens with zero attached hydrogens (tertiary/aromatic N) is 5. The number of nitrogens with one attached hydrogen (secondary N) is 1. The van der Waals surface area contributed by atoms with E-state index in [0.717, 1.165) is 28.2 Å². The van der Waals surface area contributed by atoms with Crippen molar-refractivity contribution >= 4 is 27.8 Å². The minimum atomic E-state index is -4.54. The highest BCUT2D eigenvalue weighted by molar-refractivity contribution is 6.08. The third-order valence-electron chi connectivity index (χ3n) is 6.67. The van der Waals surface area contributed by atoms with Crippen LogP contribution in [0, 0.1) is 13.8 Å². The minimum Gasteiger partial charge on any atom is -0.491 e. The fraction of sp³-hybridized carbons (Fsp3) is 0.231. The van der Waals surface area contributed by atoms with Crippen molar-refractivity contribution in [3.8, 4) is 17.0 Å². The molecule has 1 N–H and O–H groups in total. The molecule has 0 spiro atoms. The Morgan fingerprint density at radius 2 is 1.92 bits per heavy atom. The molecule has 188 valence electrons. The van der Waals surface area contributed by atoms with Gasteiger partial charge in [-0.3, -0.25) is 9.67 Å². The van der Waals surface area contributed by atoms with Gasteiger partial charge in [-0.25, -0.2) is 4.79 Å². The standard InChI is InChI=1S/C26H21F3N6O2/c1-13-22-14(2)33-35(24(22)17-6-4-5-7-19(17)31-13)25(36)32-20-12-37-21-10-15(8-9-16(20)21)23-18(26(27,28)29)11-30-34(23)3/h4-11,20H,12H2,1-3H3,(H,32,36)/t20-/m1/s1. The maximum Gasteiger partial charge on any atom is 0.420 e. The number of pyridine rings is 1. The molecular weight excluding hydrogens is 485 g/mol. The number of rotatable bonds is 2. The summed E-state index contributed by atoms with van der Waals surface area (Å²) in [5, 5.41) is 12.9. The van der Waals surface area contributed by atoms with Crippen LogP contribution in [0.25, 0.3) is 33.1 Å². The fourth-order valence-corrected chi connectivity index (χ4v) is 5.04. The minimum absolute atomic E-state index is 0.0549. The number of alkyl halides is 3. The molecule has 8 nitrogen and oxygen atoms in total. The summed E-state index contributed by atoms with van der Waals surface area (Å²) in [7, 11) is 1.46. The molecule has 5 aromatic rings. The van der Waals surface area contributed by atoms with Crippen molar-refractivity contribution in [1.82, 2.24) is 29.9 Å². The van der Waals surface area contributed by atoms with E-state index < -0.39 is 23.8 Å². The average Bonchev–Trinajstić information content (AvgIpc) is 3.54. The van der Waals surface area contributed by atoms with Crippen LogP contribution in [-0.4, -0.2) is 37.2 Å². The molecule has 6 rings (SSSR count). The number of halogens is 3. The lowest BCUT2D eigenvalue weighted by Crippen LogP contribution is -2.33. The molecule has 1 amide bonds. The first-order valence-electron chi connectivity index (χ1n) is 11.6. The number of carbonyl (C=O) groups is 1. The number of para-hydroxylation sites is 1. The molecule has 11 heteroatoms. The number of amides is 1. The van der Waals surface area contributed by atoms with Gasteiger partial charge in [0.2, 0.25) is 0 Å². The van der Waals surface area contributed by atoms with Crippen LogP contribution < -0.4 is 10.1 Å². The highest BCUT2D eigenvalue weighted by Gasteiger charge is 2.37. The third-order valence-corrected chi connectivity index (χ3v) is 6.67. The predicted molar refractivity (Wildman–Crippen MR) is 130 cm³/mol. The van der Waals surface area contributed by atoms with Gasteiger partial charge in [0.05, 0.1) is 34.7 Å². The van der Waals surface area contributed by atoms with Crippen molar-refractivity contribution in [3.63, 3.8) is 0 Å². The van der Waals surface area contributed by atoms with Crippen molar-refractivity contribution in [1.29, 1.82) is 0 Å². The quantitative estimate of drug-likeness (QED) is 0.351. The Kier molecular flexibility index (Phi) is 5.01. The molecule has 0 saturated carbocycles. The van der Waals surface area contributed by atoms with Crippen molar-refractivity contribution in [3.05, 3.63) is 71.2 Å². The second-order valence-corrected chi connectivity index (χ2v) is 9.03. The van der Waals surface area contributed by atoms with Crippen molar-refractivity contribution in [2.45, 2.75) is 26.1 Å². The largest absolute Gasteiger partial charge is 0.491 e. The lowest BCUT2D eigenvalue weighted by atomic mass is 10.0. The molecule has 1 atom stereocenters. The molecule has 0 saturated heterocycles. The number of fused-ring (bicyclic) bond motifs is 4. The number of ether oxygens (including phenoxy) is 1. The summed E-state index contributed by atoms with van der Waals surface area (Å²) in [6.07, 6.45) is -3.73. The Labute approximate surface area is 208 Å². The zero-order valence-corrected chi connectivity index (χ0v) is 20.1. The van der Waals surface area contributed by atoms with Crippen LogP contribution in [0.3, 0.4) is 0 Å². The van der Waals surface area contributed by atoms with Crippen LogP contribution in [0.2, 0.25) is 0 Å². The molecule has 0 aliphatic carbocycles. The summed E-state index contributed by atoms with van der Waals surface area (Å²) >= 11 is 0. The van der Waals surface area contributed by atoms with Gasteiger partial charge in [0.25, 0.3) is 0 Å².